The van der Waals surface area contributed by atoms with Crippen LogP contribution in [0.15, 0.2) is 29.6 Å². The molecule has 0 amide bonds. The third kappa shape index (κ3) is 4.19. The van der Waals surface area contributed by atoms with Gasteiger partial charge in [-0.15, -0.1) is 11.3 Å². The number of hydrogen-bond acceptors (Lipinski definition) is 5. The van der Waals surface area contributed by atoms with Crippen molar-refractivity contribution in [1.82, 2.24) is 4.90 Å². The highest BCUT2D eigenvalue weighted by atomic mass is 32.1. The number of rotatable bonds is 6. The highest BCUT2D eigenvalue weighted by molar-refractivity contribution is 7.12. The fraction of sp³-hybridized carbons (Fsp3) is 0.400. The van der Waals surface area contributed by atoms with E-state index in [9.17, 15) is 14.0 Å². The number of ketones is 2. The lowest BCUT2D eigenvalue weighted by Gasteiger charge is -2.32. The van der Waals surface area contributed by atoms with Crippen molar-refractivity contribution in [2.45, 2.75) is 26.3 Å². The van der Waals surface area contributed by atoms with Crippen LogP contribution in [-0.2, 0) is 6.54 Å². The minimum atomic E-state index is -0.433. The topological polar surface area (TPSA) is 46.6 Å². The van der Waals surface area contributed by atoms with Crippen molar-refractivity contribution < 1.29 is 18.7 Å². The molecule has 26 heavy (non-hydrogen) atoms. The van der Waals surface area contributed by atoms with E-state index < -0.39 is 5.82 Å². The lowest BCUT2D eigenvalue weighted by molar-refractivity contribution is 0.0808. The summed E-state index contributed by atoms with van der Waals surface area (Å²) in [5.74, 6) is -0.188. The van der Waals surface area contributed by atoms with E-state index in [1.807, 2.05) is 11.4 Å². The number of benzene rings is 1. The maximum Gasteiger partial charge on any atom is 0.171 e. The van der Waals surface area contributed by atoms with Gasteiger partial charge in [0.25, 0.3) is 0 Å². The zero-order chi connectivity index (χ0) is 18.7. The van der Waals surface area contributed by atoms with Crippen LogP contribution >= 0.6 is 11.3 Å². The summed E-state index contributed by atoms with van der Waals surface area (Å²) in [5, 5.41) is 2.00. The van der Waals surface area contributed by atoms with Crippen molar-refractivity contribution >= 4 is 22.9 Å². The number of thiophene rings is 1. The molecule has 6 heteroatoms. The summed E-state index contributed by atoms with van der Waals surface area (Å²) in [5.41, 5.74) is 1.41. The van der Waals surface area contributed by atoms with Gasteiger partial charge in [0.1, 0.15) is 11.6 Å². The van der Waals surface area contributed by atoms with Gasteiger partial charge in [0.15, 0.2) is 11.6 Å². The average molecular weight is 375 g/mol. The second-order valence-corrected chi connectivity index (χ2v) is 7.57. The molecule has 2 aromatic rings. The van der Waals surface area contributed by atoms with Gasteiger partial charge in [-0.05, 0) is 61.5 Å². The standard InChI is InChI=1S/C20H22FNO3S/c1-13(23)19-8-14(12-26-19)10-22-7-3-4-15(11-22)20(24)17-9-16(21)5-6-18(17)25-2/h5-6,8-9,12,15H,3-4,7,10-11H2,1-2H3/t15-/m0/s1. The van der Waals surface area contributed by atoms with Crippen LogP contribution in [0.3, 0.4) is 0 Å². The summed E-state index contributed by atoms with van der Waals surface area (Å²) < 4.78 is 18.8. The highest BCUT2D eigenvalue weighted by Crippen LogP contribution is 2.28. The molecule has 2 heterocycles. The zero-order valence-corrected chi connectivity index (χ0v) is 15.8. The van der Waals surface area contributed by atoms with Crippen LogP contribution in [0.25, 0.3) is 0 Å². The van der Waals surface area contributed by atoms with Crippen molar-refractivity contribution in [1.29, 1.82) is 0 Å². The third-order valence-corrected chi connectivity index (χ3v) is 5.79. The molecule has 0 saturated carbocycles. The smallest absolute Gasteiger partial charge is 0.171 e. The number of hydrogen-bond donors (Lipinski definition) is 0. The summed E-state index contributed by atoms with van der Waals surface area (Å²) in [6.07, 6.45) is 1.70. The number of methoxy groups -OCH3 is 1. The molecule has 0 unspecified atom stereocenters. The molecule has 4 nitrogen and oxygen atoms in total. The Bertz CT molecular complexity index is 817. The number of carbonyl (C=O) groups excluding carboxylic acids is 2. The van der Waals surface area contributed by atoms with E-state index in [-0.39, 0.29) is 17.5 Å². The fourth-order valence-electron chi connectivity index (χ4n) is 3.41. The molecule has 0 radical (unpaired) electrons. The van der Waals surface area contributed by atoms with Crippen LogP contribution in [0.2, 0.25) is 0 Å². The van der Waals surface area contributed by atoms with Crippen LogP contribution in [0, 0.1) is 11.7 Å². The maximum absolute atomic E-state index is 13.6. The number of ether oxygens (including phenoxy) is 1. The molecule has 0 spiro atoms. The summed E-state index contributed by atoms with van der Waals surface area (Å²) in [6.45, 7) is 3.82. The molecule has 1 atom stereocenters. The molecule has 0 aliphatic carbocycles. The molecule has 1 aromatic carbocycles. The van der Waals surface area contributed by atoms with Gasteiger partial charge in [-0.3, -0.25) is 14.5 Å². The van der Waals surface area contributed by atoms with Crippen LogP contribution in [0.1, 0.15) is 45.4 Å². The molecule has 1 saturated heterocycles. The van der Waals surface area contributed by atoms with E-state index in [4.69, 9.17) is 4.74 Å². The molecule has 1 fully saturated rings. The predicted octanol–water partition coefficient (Wildman–Crippen LogP) is 4.19. The molecule has 1 aliphatic heterocycles. The van der Waals surface area contributed by atoms with E-state index in [1.54, 1.807) is 6.92 Å². The highest BCUT2D eigenvalue weighted by Gasteiger charge is 2.28. The van der Waals surface area contributed by atoms with Crippen molar-refractivity contribution in [2.75, 3.05) is 20.2 Å². The second kappa shape index (κ2) is 8.10. The number of likely N-dealkylation sites (tertiary alicyclic amines) is 1. The minimum absolute atomic E-state index is 0.0687. The Labute approximate surface area is 156 Å². The monoisotopic (exact) mass is 375 g/mol. The molecule has 1 aromatic heterocycles. The van der Waals surface area contributed by atoms with E-state index in [0.717, 1.165) is 29.8 Å². The second-order valence-electron chi connectivity index (χ2n) is 6.66. The SMILES string of the molecule is COc1ccc(F)cc1C(=O)[C@H]1CCCN(Cc2csc(C(C)=O)c2)C1. The summed E-state index contributed by atoms with van der Waals surface area (Å²) in [7, 11) is 1.49. The number of halogens is 1. The Morgan fingerprint density at radius 2 is 2.15 bits per heavy atom. The summed E-state index contributed by atoms with van der Waals surface area (Å²) >= 11 is 1.46. The maximum atomic E-state index is 13.6. The zero-order valence-electron chi connectivity index (χ0n) is 15.0. The molecular weight excluding hydrogens is 353 g/mol. The van der Waals surface area contributed by atoms with Crippen LogP contribution in [-0.4, -0.2) is 36.7 Å². The first-order valence-electron chi connectivity index (χ1n) is 8.66. The third-order valence-electron chi connectivity index (χ3n) is 4.71. The number of piperidine rings is 1. The van der Waals surface area contributed by atoms with Gasteiger partial charge < -0.3 is 4.74 Å². The summed E-state index contributed by atoms with van der Waals surface area (Å²) in [6, 6.07) is 5.98. The first-order chi connectivity index (χ1) is 12.5. The fourth-order valence-corrected chi connectivity index (χ4v) is 4.21. The average Bonchev–Trinajstić information content (AvgIpc) is 3.10. The van der Waals surface area contributed by atoms with E-state index in [0.29, 0.717) is 24.4 Å². The number of Topliss-reactive ketones (excluding diaryl/α,β-unsaturated/α-hetero) is 2. The lowest BCUT2D eigenvalue weighted by atomic mass is 9.89. The number of nitrogens with zero attached hydrogens (tertiary/aromatic N) is 1. The van der Waals surface area contributed by atoms with Gasteiger partial charge in [0.05, 0.1) is 17.6 Å². The first kappa shape index (κ1) is 18.7. The molecule has 0 N–H and O–H groups in total. The molecular formula is C20H22FNO3S. The molecule has 3 rings (SSSR count). The van der Waals surface area contributed by atoms with E-state index in [2.05, 4.69) is 4.90 Å². The molecule has 138 valence electrons. The van der Waals surface area contributed by atoms with Crippen LogP contribution < -0.4 is 4.74 Å². The van der Waals surface area contributed by atoms with Gasteiger partial charge >= 0.3 is 0 Å². The Kier molecular flexibility index (Phi) is 5.84. The predicted molar refractivity (Wildman–Crippen MR) is 99.6 cm³/mol. The van der Waals surface area contributed by atoms with Gasteiger partial charge in [-0.2, -0.15) is 0 Å². The van der Waals surface area contributed by atoms with Gasteiger partial charge in [-0.1, -0.05) is 0 Å². The Hall–Kier alpha value is -2.05. The van der Waals surface area contributed by atoms with Gasteiger partial charge in [0, 0.05) is 19.0 Å². The Balaban J connectivity index is 1.70. The van der Waals surface area contributed by atoms with Gasteiger partial charge in [-0.25, -0.2) is 4.39 Å². The van der Waals surface area contributed by atoms with E-state index in [1.165, 1.54) is 36.6 Å². The Morgan fingerprint density at radius 3 is 2.85 bits per heavy atom. The molecule has 1 aliphatic rings. The van der Waals surface area contributed by atoms with Crippen molar-refractivity contribution in [3.8, 4) is 5.75 Å². The first-order valence-corrected chi connectivity index (χ1v) is 9.54. The number of carbonyl (C=O) groups is 2. The largest absolute Gasteiger partial charge is 0.496 e. The van der Waals surface area contributed by atoms with Crippen molar-refractivity contribution in [3.05, 3.63) is 51.5 Å². The quantitative estimate of drug-likeness (QED) is 0.710. The van der Waals surface area contributed by atoms with Crippen molar-refractivity contribution in [3.63, 3.8) is 0 Å². The minimum Gasteiger partial charge on any atom is -0.496 e. The van der Waals surface area contributed by atoms with Crippen LogP contribution in [0.4, 0.5) is 4.39 Å². The molecule has 0 bridgehead atoms. The van der Waals surface area contributed by atoms with Crippen molar-refractivity contribution in [2.24, 2.45) is 5.92 Å². The lowest BCUT2D eigenvalue weighted by Crippen LogP contribution is -2.38. The summed E-state index contributed by atoms with van der Waals surface area (Å²) in [4.78, 5) is 27.3. The van der Waals surface area contributed by atoms with Crippen LogP contribution in [0.5, 0.6) is 5.75 Å². The normalized spacial score (nSPS) is 17.9. The van der Waals surface area contributed by atoms with E-state index >= 15 is 0 Å². The Morgan fingerprint density at radius 1 is 1.35 bits per heavy atom. The van der Waals surface area contributed by atoms with Gasteiger partial charge in [0.2, 0.25) is 0 Å².